The highest BCUT2D eigenvalue weighted by Gasteiger charge is 2.31. The number of aromatic nitrogens is 2. The average molecular weight is 464 g/mol. The van der Waals surface area contributed by atoms with E-state index >= 15 is 0 Å². The Morgan fingerprint density at radius 3 is 2.36 bits per heavy atom. The summed E-state index contributed by atoms with van der Waals surface area (Å²) in [4.78, 5) is 25.2. The fourth-order valence-corrected chi connectivity index (χ4v) is 3.23. The molecule has 0 aliphatic carbocycles. The van der Waals surface area contributed by atoms with Crippen LogP contribution < -0.4 is 10.1 Å². The first kappa shape index (κ1) is 26.4. The normalized spacial score (nSPS) is 13.0. The number of alkyl carbamates (subject to hydrolysis) is 1. The lowest BCUT2D eigenvalue weighted by Crippen LogP contribution is -2.48. The first-order chi connectivity index (χ1) is 15.4. The third-order valence-electron chi connectivity index (χ3n) is 4.95. The van der Waals surface area contributed by atoms with E-state index in [1.807, 2.05) is 53.7 Å². The Kier molecular flexibility index (Phi) is 8.71. The molecule has 33 heavy (non-hydrogen) atoms. The van der Waals surface area contributed by atoms with E-state index < -0.39 is 17.7 Å². The molecule has 0 unspecified atom stereocenters. The molecule has 0 fully saturated rings. The number of rotatable bonds is 9. The maximum absolute atomic E-state index is 12.7. The topological polar surface area (TPSA) is 101 Å². The molecule has 0 aliphatic heterocycles. The lowest BCUT2D eigenvalue weighted by molar-refractivity contribution is 0.0451. The molecule has 2 aromatic rings. The van der Waals surface area contributed by atoms with Crippen LogP contribution in [0.2, 0.25) is 0 Å². The van der Waals surface area contributed by atoms with E-state index in [4.69, 9.17) is 18.9 Å². The second-order valence-corrected chi connectivity index (χ2v) is 9.93. The van der Waals surface area contributed by atoms with Gasteiger partial charge in [0.15, 0.2) is 5.69 Å². The van der Waals surface area contributed by atoms with Crippen LogP contribution in [0.4, 0.5) is 4.79 Å². The van der Waals surface area contributed by atoms with E-state index in [2.05, 4.69) is 10.4 Å². The van der Waals surface area contributed by atoms with Gasteiger partial charge in [-0.3, -0.25) is 4.68 Å². The van der Waals surface area contributed by atoms with Gasteiger partial charge >= 0.3 is 12.1 Å². The molecular formula is C24H37N3O6. The number of amides is 1. The molecule has 9 heteroatoms. The van der Waals surface area contributed by atoms with Crippen molar-refractivity contribution in [2.45, 2.75) is 66.2 Å². The second kappa shape index (κ2) is 10.9. The van der Waals surface area contributed by atoms with Crippen molar-refractivity contribution in [3.05, 3.63) is 23.9 Å². The van der Waals surface area contributed by atoms with Crippen molar-refractivity contribution in [2.24, 2.45) is 5.41 Å². The number of methoxy groups -OCH3 is 2. The average Bonchev–Trinajstić information content (AvgIpc) is 3.07. The summed E-state index contributed by atoms with van der Waals surface area (Å²) in [6.45, 7) is 12.7. The van der Waals surface area contributed by atoms with Crippen molar-refractivity contribution in [2.75, 3.05) is 27.4 Å². The van der Waals surface area contributed by atoms with Gasteiger partial charge in [-0.1, -0.05) is 32.9 Å². The SMILES string of the molecule is COCCCOc1cccc2c(C(=O)OC)n(C[C@H](NC(=O)OC(C)(C)C)C(C)(C)C)nc12. The zero-order valence-electron chi connectivity index (χ0n) is 21.0. The standard InChI is InChI=1S/C24H37N3O6/c1-23(2,3)18(25-22(29)33-24(4,5)6)15-27-20(21(28)31-8)16-11-9-12-17(19(16)26-27)32-14-10-13-30-7/h9,11-12,18H,10,13-15H2,1-8H3,(H,25,29)/t18-/m0/s1. The predicted octanol–water partition coefficient (Wildman–Crippen LogP) is 4.18. The molecule has 0 radical (unpaired) electrons. The van der Waals surface area contributed by atoms with Crippen molar-refractivity contribution >= 4 is 23.0 Å². The fraction of sp³-hybridized carbons (Fsp3) is 0.625. The van der Waals surface area contributed by atoms with Crippen LogP contribution >= 0.6 is 0 Å². The van der Waals surface area contributed by atoms with Crippen molar-refractivity contribution in [3.8, 4) is 5.75 Å². The van der Waals surface area contributed by atoms with Crippen molar-refractivity contribution in [1.29, 1.82) is 0 Å². The van der Waals surface area contributed by atoms with Crippen LogP contribution in [0.5, 0.6) is 5.75 Å². The Balaban J connectivity index is 2.43. The summed E-state index contributed by atoms with van der Waals surface area (Å²) in [7, 11) is 2.97. The zero-order chi connectivity index (χ0) is 24.8. The molecule has 0 saturated carbocycles. The molecule has 0 aliphatic rings. The summed E-state index contributed by atoms with van der Waals surface area (Å²) in [6.07, 6.45) is 0.199. The number of ether oxygens (including phenoxy) is 4. The third-order valence-corrected chi connectivity index (χ3v) is 4.95. The minimum Gasteiger partial charge on any atom is -0.491 e. The van der Waals surface area contributed by atoms with Crippen molar-refractivity contribution in [1.82, 2.24) is 15.1 Å². The van der Waals surface area contributed by atoms with Gasteiger partial charge in [0.1, 0.15) is 16.9 Å². The summed E-state index contributed by atoms with van der Waals surface area (Å²) in [5.74, 6) is 0.0545. The summed E-state index contributed by atoms with van der Waals surface area (Å²) in [6, 6.07) is 5.05. The lowest BCUT2D eigenvalue weighted by Gasteiger charge is -2.32. The maximum atomic E-state index is 12.7. The van der Waals surface area contributed by atoms with E-state index in [1.54, 1.807) is 17.9 Å². The number of hydrogen-bond donors (Lipinski definition) is 1. The van der Waals surface area contributed by atoms with Gasteiger partial charge in [-0.05, 0) is 32.3 Å². The van der Waals surface area contributed by atoms with E-state index in [1.165, 1.54) is 7.11 Å². The van der Waals surface area contributed by atoms with E-state index in [9.17, 15) is 9.59 Å². The monoisotopic (exact) mass is 463 g/mol. The third kappa shape index (κ3) is 7.35. The van der Waals surface area contributed by atoms with Crippen LogP contribution in [-0.2, 0) is 20.8 Å². The molecule has 0 bridgehead atoms. The lowest BCUT2D eigenvalue weighted by atomic mass is 9.86. The highest BCUT2D eigenvalue weighted by molar-refractivity contribution is 6.03. The van der Waals surface area contributed by atoms with Crippen LogP contribution in [0.3, 0.4) is 0 Å². The van der Waals surface area contributed by atoms with Crippen LogP contribution in [0.1, 0.15) is 58.5 Å². The number of nitrogens with one attached hydrogen (secondary N) is 1. The van der Waals surface area contributed by atoms with Gasteiger partial charge in [0.25, 0.3) is 0 Å². The van der Waals surface area contributed by atoms with Gasteiger partial charge in [-0.25, -0.2) is 9.59 Å². The van der Waals surface area contributed by atoms with E-state index in [0.717, 1.165) is 6.42 Å². The smallest absolute Gasteiger partial charge is 0.407 e. The highest BCUT2D eigenvalue weighted by Crippen LogP contribution is 2.30. The van der Waals surface area contributed by atoms with E-state index in [-0.39, 0.29) is 18.0 Å². The zero-order valence-corrected chi connectivity index (χ0v) is 21.0. The molecule has 2 rings (SSSR count). The minimum absolute atomic E-state index is 0.241. The Hall–Kier alpha value is -2.81. The molecule has 0 saturated heterocycles. The van der Waals surface area contributed by atoms with E-state index in [0.29, 0.717) is 35.6 Å². The summed E-state index contributed by atoms with van der Waals surface area (Å²) >= 11 is 0. The van der Waals surface area contributed by atoms with Gasteiger partial charge in [-0.2, -0.15) is 5.10 Å². The van der Waals surface area contributed by atoms with Gasteiger partial charge in [0, 0.05) is 25.5 Å². The summed E-state index contributed by atoms with van der Waals surface area (Å²) in [5, 5.41) is 8.24. The molecule has 184 valence electrons. The fourth-order valence-electron chi connectivity index (χ4n) is 3.23. The summed E-state index contributed by atoms with van der Waals surface area (Å²) < 4.78 is 23.0. The molecule has 0 spiro atoms. The number of benzene rings is 1. The molecule has 1 atom stereocenters. The molecule has 1 aromatic heterocycles. The minimum atomic E-state index is -0.626. The van der Waals surface area contributed by atoms with Crippen LogP contribution in [-0.4, -0.2) is 60.9 Å². The highest BCUT2D eigenvalue weighted by atomic mass is 16.6. The van der Waals surface area contributed by atoms with Gasteiger partial charge in [-0.15, -0.1) is 0 Å². The number of esters is 1. The predicted molar refractivity (Wildman–Crippen MR) is 126 cm³/mol. The number of carbonyl (C=O) groups is 2. The van der Waals surface area contributed by atoms with Crippen LogP contribution in [0.25, 0.3) is 10.9 Å². The Morgan fingerprint density at radius 1 is 1.09 bits per heavy atom. The molecule has 1 aromatic carbocycles. The second-order valence-electron chi connectivity index (χ2n) is 9.93. The number of carbonyl (C=O) groups excluding carboxylic acids is 2. The molecule has 1 amide bonds. The maximum Gasteiger partial charge on any atom is 0.407 e. The quantitative estimate of drug-likeness (QED) is 0.440. The van der Waals surface area contributed by atoms with Crippen molar-refractivity contribution in [3.63, 3.8) is 0 Å². The van der Waals surface area contributed by atoms with Crippen molar-refractivity contribution < 1.29 is 28.5 Å². The number of hydrogen-bond acceptors (Lipinski definition) is 7. The van der Waals surface area contributed by atoms with Crippen LogP contribution in [0.15, 0.2) is 18.2 Å². The Morgan fingerprint density at radius 2 is 1.79 bits per heavy atom. The Bertz CT molecular complexity index is 955. The molecule has 9 nitrogen and oxygen atoms in total. The van der Waals surface area contributed by atoms with Gasteiger partial charge < -0.3 is 24.3 Å². The largest absolute Gasteiger partial charge is 0.491 e. The molecule has 1 N–H and O–H groups in total. The molecular weight excluding hydrogens is 426 g/mol. The van der Waals surface area contributed by atoms with Crippen LogP contribution in [0, 0.1) is 5.41 Å². The van der Waals surface area contributed by atoms with Gasteiger partial charge in [0.05, 0.1) is 26.3 Å². The Labute approximate surface area is 195 Å². The number of nitrogens with zero attached hydrogens (tertiary/aromatic N) is 2. The number of fused-ring (bicyclic) bond motifs is 1. The first-order valence-corrected chi connectivity index (χ1v) is 11.1. The first-order valence-electron chi connectivity index (χ1n) is 11.1. The molecule has 1 heterocycles. The van der Waals surface area contributed by atoms with Gasteiger partial charge in [0.2, 0.25) is 0 Å². The summed E-state index contributed by atoms with van der Waals surface area (Å²) in [5.41, 5.74) is -0.114.